The molecule has 0 amide bonds. The van der Waals surface area contributed by atoms with Crippen LogP contribution in [-0.2, 0) is 13.6 Å². The van der Waals surface area contributed by atoms with Gasteiger partial charge < -0.3 is 13.9 Å². The molecular weight excluding hydrogens is 389 g/mol. The van der Waals surface area contributed by atoms with Gasteiger partial charge in [-0.05, 0) is 31.5 Å². The molecule has 0 spiro atoms. The molecule has 0 radical (unpaired) electrons. The highest BCUT2D eigenvalue weighted by molar-refractivity contribution is 9.10. The maximum atomic E-state index is 13.0. The van der Waals surface area contributed by atoms with E-state index in [1.807, 2.05) is 38.4 Å². The first kappa shape index (κ1) is 19.9. The highest BCUT2D eigenvalue weighted by Gasteiger charge is 2.39. The lowest BCUT2D eigenvalue weighted by atomic mass is 10.2. The molecule has 0 heterocycles. The van der Waals surface area contributed by atoms with Gasteiger partial charge in [-0.1, -0.05) is 39.7 Å². The van der Waals surface area contributed by atoms with E-state index in [1.54, 1.807) is 19.9 Å². The van der Waals surface area contributed by atoms with Gasteiger partial charge in [0, 0.05) is 10.5 Å². The summed E-state index contributed by atoms with van der Waals surface area (Å²) >= 11 is 9.79. The quantitative estimate of drug-likeness (QED) is 0.662. The van der Waals surface area contributed by atoms with Gasteiger partial charge in [0.1, 0.15) is 0 Å². The van der Waals surface area contributed by atoms with Gasteiger partial charge in [-0.3, -0.25) is 4.57 Å². The van der Waals surface area contributed by atoms with Crippen molar-refractivity contribution in [3.8, 4) is 0 Å². The second-order valence-electron chi connectivity index (χ2n) is 4.92. The van der Waals surface area contributed by atoms with Gasteiger partial charge in [0.05, 0.1) is 32.3 Å². The van der Waals surface area contributed by atoms with Crippen LogP contribution in [0.1, 0.15) is 19.4 Å². The fourth-order valence-corrected chi connectivity index (χ4v) is 4.66. The van der Waals surface area contributed by atoms with Crippen LogP contribution in [-0.4, -0.2) is 33.1 Å². The maximum Gasteiger partial charge on any atom is 0.391 e. The number of quaternary nitrogens is 1. The highest BCUT2D eigenvalue weighted by atomic mass is 79.9. The molecule has 0 saturated carbocycles. The summed E-state index contributed by atoms with van der Waals surface area (Å²) in [5.74, 6) is -0.469. The Morgan fingerprint density at radius 1 is 1.27 bits per heavy atom. The van der Waals surface area contributed by atoms with Gasteiger partial charge >= 0.3 is 7.60 Å². The first-order valence-corrected chi connectivity index (χ1v) is 9.94. The van der Waals surface area contributed by atoms with Crippen LogP contribution in [0.15, 0.2) is 34.8 Å². The first-order valence-electron chi connectivity index (χ1n) is 7.16. The monoisotopic (exact) mass is 410 g/mol. The minimum atomic E-state index is -3.28. The predicted octanol–water partition coefficient (Wildman–Crippen LogP) is 3.77. The normalized spacial score (nSPS) is 14.4. The first-order chi connectivity index (χ1) is 10.3. The van der Waals surface area contributed by atoms with Crippen molar-refractivity contribution in [3.63, 3.8) is 0 Å². The Labute approximate surface area is 146 Å². The molecule has 7 heteroatoms. The molecule has 1 N–H and O–H groups in total. The van der Waals surface area contributed by atoms with E-state index in [0.717, 1.165) is 14.9 Å². The molecule has 124 valence electrons. The molecule has 0 aliphatic carbocycles. The van der Waals surface area contributed by atoms with E-state index in [-0.39, 0.29) is 0 Å². The second-order valence-corrected chi connectivity index (χ2v) is 8.39. The summed E-state index contributed by atoms with van der Waals surface area (Å²) in [6.07, 6.45) is 1.76. The Morgan fingerprint density at radius 3 is 2.18 bits per heavy atom. The van der Waals surface area contributed by atoms with Crippen molar-refractivity contribution in [2.45, 2.75) is 19.6 Å². The largest absolute Gasteiger partial charge is 0.391 e. The van der Waals surface area contributed by atoms with Crippen molar-refractivity contribution in [1.82, 2.24) is 0 Å². The molecule has 1 rings (SSSR count). The molecular formula is C15H23BrClNO3P+. The van der Waals surface area contributed by atoms with Crippen molar-refractivity contribution in [2.75, 3.05) is 27.3 Å². The average molecular weight is 412 g/mol. The topological polar surface area (TPSA) is 40.0 Å². The lowest BCUT2D eigenvalue weighted by Crippen LogP contribution is -3.09. The standard InChI is InChI=1S/C15H22BrClNO3P/c1-5-20-22(19,21-6-2)15(18(3)4)11-14(17)12-7-9-13(16)10-8-12/h7-11,15H,5-6H2,1-4H3/p+1. The molecule has 0 aliphatic rings. The fourth-order valence-electron chi connectivity index (χ4n) is 1.98. The van der Waals surface area contributed by atoms with Gasteiger partial charge in [-0.15, -0.1) is 0 Å². The molecule has 1 atom stereocenters. The third kappa shape index (κ3) is 5.48. The van der Waals surface area contributed by atoms with Crippen molar-refractivity contribution >= 4 is 40.2 Å². The van der Waals surface area contributed by atoms with Crippen LogP contribution < -0.4 is 4.90 Å². The molecule has 1 aromatic rings. The molecule has 22 heavy (non-hydrogen) atoms. The van der Waals surface area contributed by atoms with Crippen molar-refractivity contribution in [1.29, 1.82) is 0 Å². The average Bonchev–Trinajstić information content (AvgIpc) is 2.45. The third-order valence-corrected chi connectivity index (χ3v) is 6.43. The van der Waals surface area contributed by atoms with E-state index in [0.29, 0.717) is 18.2 Å². The summed E-state index contributed by atoms with van der Waals surface area (Å²) in [6.45, 7) is 4.25. The van der Waals surface area contributed by atoms with E-state index in [4.69, 9.17) is 20.6 Å². The molecule has 0 aliphatic heterocycles. The van der Waals surface area contributed by atoms with E-state index < -0.39 is 13.4 Å². The Morgan fingerprint density at radius 2 is 1.77 bits per heavy atom. The summed E-state index contributed by atoms with van der Waals surface area (Å²) < 4.78 is 24.9. The lowest BCUT2D eigenvalue weighted by molar-refractivity contribution is -0.865. The number of rotatable bonds is 8. The van der Waals surface area contributed by atoms with E-state index in [9.17, 15) is 4.57 Å². The summed E-state index contributed by atoms with van der Waals surface area (Å²) in [7, 11) is 0.524. The van der Waals surface area contributed by atoms with E-state index in [1.165, 1.54) is 0 Å². The number of hydrogen-bond donors (Lipinski definition) is 1. The van der Waals surface area contributed by atoms with Gasteiger partial charge in [0.15, 0.2) is 0 Å². The van der Waals surface area contributed by atoms with Gasteiger partial charge in [0.2, 0.25) is 5.78 Å². The van der Waals surface area contributed by atoms with E-state index >= 15 is 0 Å². The molecule has 4 nitrogen and oxygen atoms in total. The van der Waals surface area contributed by atoms with Crippen LogP contribution in [0.3, 0.4) is 0 Å². The number of benzene rings is 1. The molecule has 0 bridgehead atoms. The molecule has 0 aromatic heterocycles. The zero-order valence-corrected chi connectivity index (χ0v) is 16.5. The number of hydrogen-bond acceptors (Lipinski definition) is 3. The Kier molecular flexibility index (Phi) is 8.33. The lowest BCUT2D eigenvalue weighted by Gasteiger charge is -2.26. The van der Waals surface area contributed by atoms with Crippen LogP contribution in [0.5, 0.6) is 0 Å². The van der Waals surface area contributed by atoms with Crippen LogP contribution in [0, 0.1) is 0 Å². The van der Waals surface area contributed by atoms with Crippen molar-refractivity contribution < 1.29 is 18.5 Å². The predicted molar refractivity (Wildman–Crippen MR) is 95.4 cm³/mol. The number of nitrogens with one attached hydrogen (secondary N) is 1. The summed E-state index contributed by atoms with van der Waals surface area (Å²) in [5.41, 5.74) is 0.857. The zero-order chi connectivity index (χ0) is 16.8. The maximum absolute atomic E-state index is 13.0. The second kappa shape index (κ2) is 9.21. The van der Waals surface area contributed by atoms with Crippen molar-refractivity contribution in [3.05, 3.63) is 40.4 Å². The minimum Gasteiger partial charge on any atom is -0.324 e. The van der Waals surface area contributed by atoms with E-state index in [2.05, 4.69) is 15.9 Å². The third-order valence-electron chi connectivity index (χ3n) is 2.97. The molecule has 0 fully saturated rings. The molecule has 0 saturated heterocycles. The Hall–Kier alpha value is -0.160. The number of likely N-dealkylation sites (N-methyl/N-ethyl adjacent to an activating group) is 1. The number of halogens is 2. The van der Waals surface area contributed by atoms with Crippen LogP contribution in [0.25, 0.3) is 5.03 Å². The minimum absolute atomic E-state index is 0.324. The van der Waals surface area contributed by atoms with Crippen molar-refractivity contribution in [2.24, 2.45) is 0 Å². The molecule has 1 aromatic carbocycles. The smallest absolute Gasteiger partial charge is 0.324 e. The van der Waals surface area contributed by atoms with Crippen LogP contribution in [0.2, 0.25) is 0 Å². The highest BCUT2D eigenvalue weighted by Crippen LogP contribution is 2.51. The van der Waals surface area contributed by atoms with Crippen LogP contribution >= 0.6 is 35.1 Å². The fraction of sp³-hybridized carbons (Fsp3) is 0.467. The Bertz CT molecular complexity index is 538. The van der Waals surface area contributed by atoms with Gasteiger partial charge in [0.25, 0.3) is 0 Å². The van der Waals surface area contributed by atoms with Crippen LogP contribution in [0.4, 0.5) is 0 Å². The zero-order valence-electron chi connectivity index (χ0n) is 13.3. The van der Waals surface area contributed by atoms with Gasteiger partial charge in [-0.2, -0.15) is 0 Å². The van der Waals surface area contributed by atoms with Gasteiger partial charge in [-0.25, -0.2) is 0 Å². The molecule has 1 unspecified atom stereocenters. The summed E-state index contributed by atoms with van der Waals surface area (Å²) in [6, 6.07) is 7.62. The SMILES string of the molecule is CCOP(=O)(OCC)C(C=C(Cl)c1ccc(Br)cc1)[NH+](C)C. The summed E-state index contributed by atoms with van der Waals surface area (Å²) in [4.78, 5) is 0.931. The summed E-state index contributed by atoms with van der Waals surface area (Å²) in [5, 5.41) is 0.526. The Balaban J connectivity index is 3.16.